The molecule has 0 spiro atoms. The Labute approximate surface area is 94.1 Å². The van der Waals surface area contributed by atoms with Gasteiger partial charge in [0.05, 0.1) is 12.2 Å². The maximum Gasteiger partial charge on any atom is 0.141 e. The highest BCUT2D eigenvalue weighted by molar-refractivity contribution is 5.05. The first-order valence-electron chi connectivity index (χ1n) is 5.29. The van der Waals surface area contributed by atoms with Crippen LogP contribution in [-0.4, -0.2) is 32.0 Å². The van der Waals surface area contributed by atoms with Crippen LogP contribution in [0.25, 0.3) is 0 Å². The minimum Gasteiger partial charge on any atom is -0.310 e. The molecule has 0 aliphatic carbocycles. The summed E-state index contributed by atoms with van der Waals surface area (Å²) in [5.41, 5.74) is 1.24. The lowest BCUT2D eigenvalue weighted by atomic mass is 10.1. The van der Waals surface area contributed by atoms with Gasteiger partial charge in [0.1, 0.15) is 12.2 Å². The number of aryl methyl sites for hydroxylation is 2. The Kier molecular flexibility index (Phi) is 3.31. The van der Waals surface area contributed by atoms with Crippen molar-refractivity contribution in [1.82, 2.24) is 30.3 Å². The summed E-state index contributed by atoms with van der Waals surface area (Å²) in [6.45, 7) is 0. The average molecular weight is 220 g/mol. The zero-order chi connectivity index (χ0) is 11.4. The van der Waals surface area contributed by atoms with Crippen LogP contribution in [0.5, 0.6) is 0 Å². The number of nitrogens with zero attached hydrogens (tertiary/aromatic N) is 4. The molecule has 16 heavy (non-hydrogen) atoms. The van der Waals surface area contributed by atoms with Gasteiger partial charge < -0.3 is 5.32 Å². The van der Waals surface area contributed by atoms with Gasteiger partial charge in [0.15, 0.2) is 0 Å². The number of rotatable bonds is 5. The second kappa shape index (κ2) is 4.89. The zero-order valence-electron chi connectivity index (χ0n) is 9.51. The van der Waals surface area contributed by atoms with Crippen LogP contribution in [0.4, 0.5) is 0 Å². The second-order valence-corrected chi connectivity index (χ2v) is 3.77. The normalized spacial score (nSPS) is 12.9. The molecule has 0 aliphatic rings. The maximum atomic E-state index is 4.15. The number of hydrogen-bond donors (Lipinski definition) is 2. The number of hydrogen-bond acceptors (Lipinski definition) is 4. The first-order valence-corrected chi connectivity index (χ1v) is 5.29. The predicted octanol–water partition coefficient (Wildman–Crippen LogP) is 0.431. The average Bonchev–Trinajstić information content (AvgIpc) is 2.91. The Morgan fingerprint density at radius 2 is 2.44 bits per heavy atom. The van der Waals surface area contributed by atoms with E-state index in [1.807, 2.05) is 31.2 Å². The Balaban J connectivity index is 1.93. The van der Waals surface area contributed by atoms with E-state index in [0.29, 0.717) is 0 Å². The second-order valence-electron chi connectivity index (χ2n) is 3.77. The van der Waals surface area contributed by atoms with Crippen molar-refractivity contribution in [2.75, 3.05) is 7.05 Å². The molecule has 1 unspecified atom stereocenters. The van der Waals surface area contributed by atoms with Crippen molar-refractivity contribution in [3.05, 3.63) is 30.1 Å². The van der Waals surface area contributed by atoms with E-state index in [2.05, 4.69) is 25.6 Å². The van der Waals surface area contributed by atoms with E-state index in [1.54, 1.807) is 0 Å². The molecule has 2 aromatic heterocycles. The van der Waals surface area contributed by atoms with Crippen LogP contribution in [0.15, 0.2) is 18.7 Å². The summed E-state index contributed by atoms with van der Waals surface area (Å²) in [5, 5.41) is 14.1. The number of nitrogens with one attached hydrogen (secondary N) is 2. The summed E-state index contributed by atoms with van der Waals surface area (Å²) in [7, 11) is 3.85. The van der Waals surface area contributed by atoms with Crippen LogP contribution < -0.4 is 5.32 Å². The van der Waals surface area contributed by atoms with Gasteiger partial charge in [-0.05, 0) is 25.5 Å². The minimum atomic E-state index is 0.211. The van der Waals surface area contributed by atoms with Gasteiger partial charge in [0.25, 0.3) is 0 Å². The first-order chi connectivity index (χ1) is 7.79. The Morgan fingerprint density at radius 1 is 1.56 bits per heavy atom. The summed E-state index contributed by atoms with van der Waals surface area (Å²) in [6, 6.07) is 0.211. The molecule has 0 bridgehead atoms. The predicted molar refractivity (Wildman–Crippen MR) is 59.7 cm³/mol. The van der Waals surface area contributed by atoms with Gasteiger partial charge in [-0.3, -0.25) is 9.78 Å². The topological polar surface area (TPSA) is 71.4 Å². The Hall–Kier alpha value is -1.69. The van der Waals surface area contributed by atoms with Crippen molar-refractivity contribution >= 4 is 0 Å². The molecule has 0 radical (unpaired) electrons. The third-order valence-corrected chi connectivity index (χ3v) is 2.59. The first kappa shape index (κ1) is 10.8. The highest BCUT2D eigenvalue weighted by Crippen LogP contribution is 2.14. The van der Waals surface area contributed by atoms with E-state index in [0.717, 1.165) is 18.7 Å². The molecule has 0 fully saturated rings. The third kappa shape index (κ3) is 2.46. The summed E-state index contributed by atoms with van der Waals surface area (Å²) in [6.07, 6.45) is 7.40. The summed E-state index contributed by atoms with van der Waals surface area (Å²) in [5.74, 6) is 0.881. The van der Waals surface area contributed by atoms with Crippen LogP contribution in [0.3, 0.4) is 0 Å². The molecule has 2 heterocycles. The lowest BCUT2D eigenvalue weighted by Crippen LogP contribution is -2.18. The summed E-state index contributed by atoms with van der Waals surface area (Å²) < 4.78 is 1.82. The fourth-order valence-electron chi connectivity index (χ4n) is 1.71. The smallest absolute Gasteiger partial charge is 0.141 e. The molecule has 2 rings (SSSR count). The van der Waals surface area contributed by atoms with Crippen molar-refractivity contribution in [3.8, 4) is 0 Å². The van der Waals surface area contributed by atoms with Gasteiger partial charge in [-0.25, -0.2) is 4.98 Å². The monoisotopic (exact) mass is 220 g/mol. The molecule has 0 aromatic carbocycles. The van der Waals surface area contributed by atoms with Gasteiger partial charge in [-0.15, -0.1) is 0 Å². The third-order valence-electron chi connectivity index (χ3n) is 2.59. The standard InChI is InChI=1S/C10H16N6/c1-11-9(10-12-7-13-15-10)4-3-8-5-14-16(2)6-8/h5-7,9,11H,3-4H2,1-2H3,(H,12,13,15). The van der Waals surface area contributed by atoms with Crippen molar-refractivity contribution in [2.24, 2.45) is 7.05 Å². The highest BCUT2D eigenvalue weighted by atomic mass is 15.2. The fraction of sp³-hybridized carbons (Fsp3) is 0.500. The lowest BCUT2D eigenvalue weighted by Gasteiger charge is -2.11. The number of aromatic nitrogens is 5. The SMILES string of the molecule is CNC(CCc1cnn(C)c1)c1ncn[nH]1. The quantitative estimate of drug-likeness (QED) is 0.766. The minimum absolute atomic E-state index is 0.211. The zero-order valence-corrected chi connectivity index (χ0v) is 9.51. The molecule has 0 saturated heterocycles. The fourth-order valence-corrected chi connectivity index (χ4v) is 1.71. The van der Waals surface area contributed by atoms with Crippen molar-refractivity contribution < 1.29 is 0 Å². The lowest BCUT2D eigenvalue weighted by molar-refractivity contribution is 0.522. The van der Waals surface area contributed by atoms with Crippen molar-refractivity contribution in [1.29, 1.82) is 0 Å². The van der Waals surface area contributed by atoms with Crippen molar-refractivity contribution in [3.63, 3.8) is 0 Å². The van der Waals surface area contributed by atoms with Gasteiger partial charge in [-0.2, -0.15) is 10.2 Å². The van der Waals surface area contributed by atoms with Gasteiger partial charge in [0, 0.05) is 13.2 Å². The largest absolute Gasteiger partial charge is 0.310 e. The molecule has 2 N–H and O–H groups in total. The molecule has 0 aliphatic heterocycles. The molecule has 1 atom stereocenters. The van der Waals surface area contributed by atoms with Gasteiger partial charge in [0.2, 0.25) is 0 Å². The highest BCUT2D eigenvalue weighted by Gasteiger charge is 2.12. The molecule has 0 amide bonds. The van der Waals surface area contributed by atoms with E-state index in [9.17, 15) is 0 Å². The molecular formula is C10H16N6. The van der Waals surface area contributed by atoms with Gasteiger partial charge >= 0.3 is 0 Å². The molecule has 2 aromatic rings. The van der Waals surface area contributed by atoms with Gasteiger partial charge in [-0.1, -0.05) is 0 Å². The summed E-state index contributed by atoms with van der Waals surface area (Å²) in [4.78, 5) is 4.15. The van der Waals surface area contributed by atoms with Crippen LogP contribution >= 0.6 is 0 Å². The van der Waals surface area contributed by atoms with Crippen LogP contribution in [0.2, 0.25) is 0 Å². The van der Waals surface area contributed by atoms with Crippen LogP contribution in [0, 0.1) is 0 Å². The van der Waals surface area contributed by atoms with E-state index < -0.39 is 0 Å². The molecule has 6 heteroatoms. The molecule has 86 valence electrons. The van der Waals surface area contributed by atoms with E-state index >= 15 is 0 Å². The maximum absolute atomic E-state index is 4.15. The van der Waals surface area contributed by atoms with Crippen LogP contribution in [-0.2, 0) is 13.5 Å². The Bertz CT molecular complexity index is 418. The molecular weight excluding hydrogens is 204 g/mol. The number of H-pyrrole nitrogens is 1. The van der Waals surface area contributed by atoms with E-state index in [-0.39, 0.29) is 6.04 Å². The Morgan fingerprint density at radius 3 is 3.00 bits per heavy atom. The van der Waals surface area contributed by atoms with E-state index in [1.165, 1.54) is 11.9 Å². The van der Waals surface area contributed by atoms with E-state index in [4.69, 9.17) is 0 Å². The number of aromatic amines is 1. The summed E-state index contributed by atoms with van der Waals surface area (Å²) >= 11 is 0. The van der Waals surface area contributed by atoms with Crippen molar-refractivity contribution in [2.45, 2.75) is 18.9 Å². The molecule has 6 nitrogen and oxygen atoms in total. The van der Waals surface area contributed by atoms with Crippen LogP contribution in [0.1, 0.15) is 23.9 Å². The molecule has 0 saturated carbocycles.